The summed E-state index contributed by atoms with van der Waals surface area (Å²) in [6, 6.07) is 16.9. The van der Waals surface area contributed by atoms with E-state index in [1.54, 1.807) is 24.3 Å². The van der Waals surface area contributed by atoms with Gasteiger partial charge in [-0.15, -0.1) is 0 Å². The molecule has 0 spiro atoms. The van der Waals surface area contributed by atoms with Gasteiger partial charge in [-0.25, -0.2) is 8.42 Å². The predicted molar refractivity (Wildman–Crippen MR) is 99.1 cm³/mol. The molecule has 3 aromatic rings. The lowest BCUT2D eigenvalue weighted by Gasteiger charge is -2.12. The van der Waals surface area contributed by atoms with Gasteiger partial charge < -0.3 is 0 Å². The molecule has 0 heterocycles. The van der Waals surface area contributed by atoms with Crippen molar-refractivity contribution in [2.75, 3.05) is 4.72 Å². The van der Waals surface area contributed by atoms with Gasteiger partial charge in [0, 0.05) is 10.4 Å². The summed E-state index contributed by atoms with van der Waals surface area (Å²) in [6.45, 7) is 0. The van der Waals surface area contributed by atoms with Crippen LogP contribution in [0.2, 0.25) is 5.02 Å². The maximum atomic E-state index is 12.6. The van der Waals surface area contributed by atoms with Crippen LogP contribution in [0, 0.1) is 0 Å². The summed E-state index contributed by atoms with van der Waals surface area (Å²) in [6.07, 6.45) is 2.04. The van der Waals surface area contributed by atoms with Gasteiger partial charge in [0.2, 0.25) is 10.0 Å². The van der Waals surface area contributed by atoms with Crippen LogP contribution < -0.4 is 4.72 Å². The van der Waals surface area contributed by atoms with Crippen LogP contribution in [0.4, 0.5) is 5.69 Å². The van der Waals surface area contributed by atoms with Crippen molar-refractivity contribution in [3.8, 4) is 0 Å². The van der Waals surface area contributed by atoms with E-state index in [1.165, 1.54) is 16.5 Å². The van der Waals surface area contributed by atoms with Crippen LogP contribution in [0.1, 0.15) is 16.7 Å². The molecule has 1 N–H and O–H groups in total. The summed E-state index contributed by atoms with van der Waals surface area (Å²) in [4.78, 5) is 0. The molecule has 5 heteroatoms. The van der Waals surface area contributed by atoms with E-state index >= 15 is 0 Å². The molecule has 0 bridgehead atoms. The normalized spacial score (nSPS) is 13.4. The van der Waals surface area contributed by atoms with Crippen molar-refractivity contribution in [2.24, 2.45) is 0 Å². The Kier molecular flexibility index (Phi) is 3.74. The van der Waals surface area contributed by atoms with E-state index in [9.17, 15) is 8.42 Å². The molecule has 0 radical (unpaired) electrons. The minimum Gasteiger partial charge on any atom is -0.283 e. The van der Waals surface area contributed by atoms with E-state index in [2.05, 4.69) is 10.8 Å². The van der Waals surface area contributed by atoms with Crippen molar-refractivity contribution < 1.29 is 8.42 Å². The molecule has 1 aliphatic carbocycles. The molecular weight excluding hydrogens is 342 g/mol. The number of benzene rings is 3. The van der Waals surface area contributed by atoms with Crippen LogP contribution >= 0.6 is 11.6 Å². The number of rotatable bonds is 4. The average molecular weight is 358 g/mol. The summed E-state index contributed by atoms with van der Waals surface area (Å²) in [5.74, 6) is -0.101. The van der Waals surface area contributed by atoms with E-state index < -0.39 is 10.0 Å². The molecular formula is C19H16ClNO2S. The van der Waals surface area contributed by atoms with Gasteiger partial charge >= 0.3 is 0 Å². The molecule has 4 rings (SSSR count). The summed E-state index contributed by atoms with van der Waals surface area (Å²) >= 11 is 5.94. The monoisotopic (exact) mass is 357 g/mol. The Morgan fingerprint density at radius 2 is 1.71 bits per heavy atom. The third kappa shape index (κ3) is 2.87. The number of anilines is 1. The van der Waals surface area contributed by atoms with Crippen molar-refractivity contribution in [1.29, 1.82) is 0 Å². The Bertz CT molecular complexity index is 1030. The number of nitrogens with one attached hydrogen (secondary N) is 1. The van der Waals surface area contributed by atoms with E-state index in [0.29, 0.717) is 16.3 Å². The lowest BCUT2D eigenvalue weighted by atomic mass is 10.0. The number of hydrogen-bond acceptors (Lipinski definition) is 2. The van der Waals surface area contributed by atoms with Crippen LogP contribution in [-0.2, 0) is 28.6 Å². The minimum atomic E-state index is -3.51. The molecule has 122 valence electrons. The van der Waals surface area contributed by atoms with Crippen LogP contribution in [0.15, 0.2) is 54.6 Å². The van der Waals surface area contributed by atoms with Gasteiger partial charge in [0.1, 0.15) is 0 Å². The maximum absolute atomic E-state index is 12.6. The zero-order valence-corrected chi connectivity index (χ0v) is 14.5. The van der Waals surface area contributed by atoms with Crippen molar-refractivity contribution in [3.05, 3.63) is 76.3 Å². The molecule has 0 atom stereocenters. The zero-order chi connectivity index (χ0) is 16.7. The first-order valence-electron chi connectivity index (χ1n) is 7.80. The highest BCUT2D eigenvalue weighted by atomic mass is 35.5. The van der Waals surface area contributed by atoms with Gasteiger partial charge in [0.15, 0.2) is 0 Å². The second-order valence-corrected chi connectivity index (χ2v) is 8.26. The molecule has 0 fully saturated rings. The highest BCUT2D eigenvalue weighted by molar-refractivity contribution is 7.91. The van der Waals surface area contributed by atoms with Crippen LogP contribution in [0.25, 0.3) is 10.8 Å². The van der Waals surface area contributed by atoms with E-state index in [-0.39, 0.29) is 5.75 Å². The third-order valence-electron chi connectivity index (χ3n) is 4.39. The van der Waals surface area contributed by atoms with Gasteiger partial charge in [-0.3, -0.25) is 4.72 Å². The Balaban J connectivity index is 1.69. The zero-order valence-electron chi connectivity index (χ0n) is 12.9. The smallest absolute Gasteiger partial charge is 0.236 e. The Labute approximate surface area is 146 Å². The van der Waals surface area contributed by atoms with Crippen molar-refractivity contribution in [2.45, 2.75) is 18.6 Å². The fraction of sp³-hybridized carbons (Fsp3) is 0.158. The van der Waals surface area contributed by atoms with E-state index in [1.807, 2.05) is 24.3 Å². The lowest BCUT2D eigenvalue weighted by molar-refractivity contribution is 0.600. The molecule has 0 saturated heterocycles. The van der Waals surface area contributed by atoms with E-state index in [4.69, 9.17) is 11.6 Å². The number of halogens is 1. The quantitative estimate of drug-likeness (QED) is 0.745. The largest absolute Gasteiger partial charge is 0.283 e. The molecule has 24 heavy (non-hydrogen) atoms. The Morgan fingerprint density at radius 3 is 2.50 bits per heavy atom. The molecule has 1 aliphatic rings. The molecule has 0 aromatic heterocycles. The molecule has 3 nitrogen and oxygen atoms in total. The van der Waals surface area contributed by atoms with Gasteiger partial charge in [0.25, 0.3) is 0 Å². The van der Waals surface area contributed by atoms with Crippen molar-refractivity contribution in [3.63, 3.8) is 0 Å². The van der Waals surface area contributed by atoms with Gasteiger partial charge in [-0.2, -0.15) is 0 Å². The molecule has 0 aliphatic heterocycles. The number of aryl methyl sites for hydroxylation is 2. The van der Waals surface area contributed by atoms with E-state index in [0.717, 1.165) is 18.2 Å². The molecule has 3 aromatic carbocycles. The highest BCUT2D eigenvalue weighted by Gasteiger charge is 2.18. The molecule has 0 amide bonds. The molecule has 0 unspecified atom stereocenters. The summed E-state index contributed by atoms with van der Waals surface area (Å²) in [7, 11) is -3.51. The fourth-order valence-corrected chi connectivity index (χ4v) is 4.80. The SMILES string of the molecule is O=S(=O)(Cc1cccc(Cl)c1)Nc1ccc2c3c(cccc13)CC2. The maximum Gasteiger partial charge on any atom is 0.236 e. The third-order valence-corrected chi connectivity index (χ3v) is 5.87. The van der Waals surface area contributed by atoms with Crippen molar-refractivity contribution in [1.82, 2.24) is 0 Å². The number of hydrogen-bond donors (Lipinski definition) is 1. The summed E-state index contributed by atoms with van der Waals surface area (Å²) in [5.41, 5.74) is 3.89. The van der Waals surface area contributed by atoms with Crippen LogP contribution in [0.5, 0.6) is 0 Å². The Hall–Kier alpha value is -2.04. The Morgan fingerprint density at radius 1 is 0.958 bits per heavy atom. The first-order chi connectivity index (χ1) is 11.5. The molecule has 0 saturated carbocycles. The lowest BCUT2D eigenvalue weighted by Crippen LogP contribution is -2.15. The van der Waals surface area contributed by atoms with Crippen LogP contribution in [-0.4, -0.2) is 8.42 Å². The number of sulfonamides is 1. The summed E-state index contributed by atoms with van der Waals surface area (Å²) in [5, 5.41) is 2.70. The highest BCUT2D eigenvalue weighted by Crippen LogP contribution is 2.35. The average Bonchev–Trinajstić information content (AvgIpc) is 2.94. The topological polar surface area (TPSA) is 46.2 Å². The summed E-state index contributed by atoms with van der Waals surface area (Å²) < 4.78 is 27.9. The fourth-order valence-electron chi connectivity index (χ4n) is 3.39. The second-order valence-electron chi connectivity index (χ2n) is 6.10. The minimum absolute atomic E-state index is 0.101. The second kappa shape index (κ2) is 5.80. The predicted octanol–water partition coefficient (Wildman–Crippen LogP) is 4.53. The standard InChI is InChI=1S/C19H16ClNO2S/c20-16-5-1-3-13(11-16)12-24(22,23)21-18-10-9-15-8-7-14-4-2-6-17(18)19(14)15/h1-6,9-11,21H,7-8,12H2. The van der Waals surface area contributed by atoms with Crippen LogP contribution in [0.3, 0.4) is 0 Å². The first kappa shape index (κ1) is 15.5. The van der Waals surface area contributed by atoms with Gasteiger partial charge in [-0.1, -0.05) is 48.0 Å². The van der Waals surface area contributed by atoms with Gasteiger partial charge in [0.05, 0.1) is 11.4 Å². The van der Waals surface area contributed by atoms with Gasteiger partial charge in [-0.05, 0) is 53.1 Å². The first-order valence-corrected chi connectivity index (χ1v) is 9.83. The van der Waals surface area contributed by atoms with Crippen molar-refractivity contribution >= 4 is 38.1 Å².